The second-order valence-corrected chi connectivity index (χ2v) is 9.81. The monoisotopic (exact) mass is 570 g/mol. The molecule has 0 aromatic heterocycles. The van der Waals surface area contributed by atoms with Gasteiger partial charge in [0.1, 0.15) is 25.3 Å². The quantitative estimate of drug-likeness (QED) is 0.189. The van der Waals surface area contributed by atoms with Gasteiger partial charge in [-0.1, -0.05) is 91.0 Å². The summed E-state index contributed by atoms with van der Waals surface area (Å²) in [5.41, 5.74) is 5.16. The SMILES string of the molecule is COC(=O)[C@H](Cc1ccccc1)NC(=O)[C@H](C/C=C/COC(C)=O)NC(=O)OCC1c2ccccc2-c2ccccc21. The molecule has 0 bridgehead atoms. The molecule has 2 atom stereocenters. The van der Waals surface area contributed by atoms with Crippen molar-refractivity contribution in [1.82, 2.24) is 10.6 Å². The fourth-order valence-electron chi connectivity index (χ4n) is 4.94. The molecular weight excluding hydrogens is 536 g/mol. The van der Waals surface area contributed by atoms with Crippen LogP contribution < -0.4 is 10.6 Å². The van der Waals surface area contributed by atoms with E-state index in [9.17, 15) is 19.2 Å². The summed E-state index contributed by atoms with van der Waals surface area (Å²) in [5, 5.41) is 5.33. The molecule has 1 aliphatic carbocycles. The minimum atomic E-state index is -1.07. The molecule has 2 N–H and O–H groups in total. The van der Waals surface area contributed by atoms with Gasteiger partial charge in [0.15, 0.2) is 0 Å². The third-order valence-electron chi connectivity index (χ3n) is 6.96. The Balaban J connectivity index is 1.44. The largest absolute Gasteiger partial charge is 0.467 e. The molecule has 42 heavy (non-hydrogen) atoms. The number of ether oxygens (including phenoxy) is 3. The van der Waals surface area contributed by atoms with Crippen LogP contribution in [0.3, 0.4) is 0 Å². The van der Waals surface area contributed by atoms with Crippen LogP contribution in [0.2, 0.25) is 0 Å². The Labute approximate surface area is 244 Å². The zero-order valence-corrected chi connectivity index (χ0v) is 23.6. The minimum Gasteiger partial charge on any atom is -0.467 e. The van der Waals surface area contributed by atoms with Gasteiger partial charge >= 0.3 is 18.0 Å². The second-order valence-electron chi connectivity index (χ2n) is 9.81. The van der Waals surface area contributed by atoms with E-state index in [1.54, 1.807) is 12.2 Å². The molecule has 0 radical (unpaired) electrons. The molecule has 218 valence electrons. The molecule has 0 saturated heterocycles. The van der Waals surface area contributed by atoms with Gasteiger partial charge in [0, 0.05) is 19.3 Å². The zero-order valence-electron chi connectivity index (χ0n) is 23.6. The molecule has 0 spiro atoms. The van der Waals surface area contributed by atoms with Crippen molar-refractivity contribution in [2.75, 3.05) is 20.3 Å². The van der Waals surface area contributed by atoms with Crippen LogP contribution in [0.15, 0.2) is 91.0 Å². The fourth-order valence-corrected chi connectivity index (χ4v) is 4.94. The molecular formula is C33H34N2O7. The third kappa shape index (κ3) is 7.84. The van der Waals surface area contributed by atoms with Crippen LogP contribution in [0.25, 0.3) is 11.1 Å². The molecule has 3 aromatic carbocycles. The highest BCUT2D eigenvalue weighted by Gasteiger charge is 2.31. The zero-order chi connectivity index (χ0) is 29.9. The summed E-state index contributed by atoms with van der Waals surface area (Å²) in [6.07, 6.45) is 2.68. The van der Waals surface area contributed by atoms with Crippen LogP contribution in [-0.4, -0.2) is 56.3 Å². The van der Waals surface area contributed by atoms with Gasteiger partial charge in [-0.25, -0.2) is 9.59 Å². The van der Waals surface area contributed by atoms with Crippen LogP contribution in [0.5, 0.6) is 0 Å². The summed E-state index contributed by atoms with van der Waals surface area (Å²) >= 11 is 0. The molecule has 9 heteroatoms. The van der Waals surface area contributed by atoms with Crippen molar-refractivity contribution in [1.29, 1.82) is 0 Å². The van der Waals surface area contributed by atoms with E-state index in [1.165, 1.54) is 14.0 Å². The highest BCUT2D eigenvalue weighted by atomic mass is 16.5. The predicted molar refractivity (Wildman–Crippen MR) is 156 cm³/mol. The Morgan fingerprint density at radius 3 is 2.02 bits per heavy atom. The lowest BCUT2D eigenvalue weighted by atomic mass is 9.98. The van der Waals surface area contributed by atoms with E-state index in [4.69, 9.17) is 14.2 Å². The number of nitrogens with one attached hydrogen (secondary N) is 2. The lowest BCUT2D eigenvalue weighted by Gasteiger charge is -2.22. The number of alkyl carbamates (subject to hydrolysis) is 1. The van der Waals surface area contributed by atoms with Crippen molar-refractivity contribution in [2.45, 2.75) is 37.8 Å². The van der Waals surface area contributed by atoms with Gasteiger partial charge in [-0.3, -0.25) is 9.59 Å². The standard InChI is InChI=1S/C33H34N2O7/c1-22(36)41-19-11-10-18-29(31(37)34-30(32(38)40-2)20-23-12-4-3-5-13-23)35-33(39)42-21-28-26-16-8-6-14-24(26)25-15-7-9-17-27(25)28/h3-17,28-30H,18-21H2,1-2H3,(H,34,37)(H,35,39)/b11-10+/t29-,30-/m0/s1. The number of methoxy groups -OCH3 is 1. The first-order chi connectivity index (χ1) is 20.4. The highest BCUT2D eigenvalue weighted by Crippen LogP contribution is 2.44. The number of hydrogen-bond acceptors (Lipinski definition) is 7. The molecule has 0 heterocycles. The smallest absolute Gasteiger partial charge is 0.407 e. The summed E-state index contributed by atoms with van der Waals surface area (Å²) in [4.78, 5) is 49.9. The highest BCUT2D eigenvalue weighted by molar-refractivity contribution is 5.90. The summed E-state index contributed by atoms with van der Waals surface area (Å²) in [5.74, 6) is -1.79. The molecule has 2 amide bonds. The maximum Gasteiger partial charge on any atom is 0.407 e. The van der Waals surface area contributed by atoms with Crippen LogP contribution in [0.4, 0.5) is 4.79 Å². The Morgan fingerprint density at radius 1 is 0.786 bits per heavy atom. The number of carbonyl (C=O) groups excluding carboxylic acids is 4. The third-order valence-corrected chi connectivity index (χ3v) is 6.96. The van der Waals surface area contributed by atoms with E-state index in [2.05, 4.69) is 10.6 Å². The van der Waals surface area contributed by atoms with Crippen molar-refractivity contribution in [2.24, 2.45) is 0 Å². The van der Waals surface area contributed by atoms with Gasteiger partial charge in [0.25, 0.3) is 0 Å². The van der Waals surface area contributed by atoms with Crippen molar-refractivity contribution in [3.63, 3.8) is 0 Å². The van der Waals surface area contributed by atoms with Crippen LogP contribution in [-0.2, 0) is 35.0 Å². The molecule has 0 unspecified atom stereocenters. The van der Waals surface area contributed by atoms with E-state index in [0.29, 0.717) is 0 Å². The van der Waals surface area contributed by atoms with Gasteiger partial charge in [0.05, 0.1) is 7.11 Å². The van der Waals surface area contributed by atoms with Crippen molar-refractivity contribution in [3.8, 4) is 11.1 Å². The molecule has 3 aromatic rings. The molecule has 0 saturated carbocycles. The number of rotatable bonds is 12. The maximum absolute atomic E-state index is 13.4. The summed E-state index contributed by atoms with van der Waals surface area (Å²) in [6, 6.07) is 23.1. The Morgan fingerprint density at radius 2 is 1.40 bits per heavy atom. The molecule has 0 fully saturated rings. The second kappa shape index (κ2) is 14.6. The van der Waals surface area contributed by atoms with E-state index in [1.807, 2.05) is 78.9 Å². The van der Waals surface area contributed by atoms with Gasteiger partial charge in [-0.05, 0) is 34.2 Å². The number of benzene rings is 3. The number of esters is 2. The first-order valence-corrected chi connectivity index (χ1v) is 13.7. The number of amides is 2. The van der Waals surface area contributed by atoms with Gasteiger partial charge in [0.2, 0.25) is 5.91 Å². The lowest BCUT2D eigenvalue weighted by Crippen LogP contribution is -2.52. The van der Waals surface area contributed by atoms with E-state index in [0.717, 1.165) is 27.8 Å². The van der Waals surface area contributed by atoms with Crippen LogP contribution in [0.1, 0.15) is 36.0 Å². The first-order valence-electron chi connectivity index (χ1n) is 13.7. The molecule has 9 nitrogen and oxygen atoms in total. The molecule has 0 aliphatic heterocycles. The van der Waals surface area contributed by atoms with Crippen LogP contribution >= 0.6 is 0 Å². The fraction of sp³-hybridized carbons (Fsp3) is 0.273. The van der Waals surface area contributed by atoms with Gasteiger partial charge in [-0.2, -0.15) is 0 Å². The van der Waals surface area contributed by atoms with Crippen molar-refractivity contribution < 1.29 is 33.4 Å². The van der Waals surface area contributed by atoms with Gasteiger partial charge < -0.3 is 24.8 Å². The summed E-state index contributed by atoms with van der Waals surface area (Å²) in [7, 11) is 1.25. The average molecular weight is 571 g/mol. The Bertz CT molecular complexity index is 1390. The topological polar surface area (TPSA) is 120 Å². The van der Waals surface area contributed by atoms with Gasteiger partial charge in [-0.15, -0.1) is 0 Å². The number of fused-ring (bicyclic) bond motifs is 3. The van der Waals surface area contributed by atoms with Crippen LogP contribution in [0, 0.1) is 0 Å². The minimum absolute atomic E-state index is 0.0212. The molecule has 1 aliphatic rings. The van der Waals surface area contributed by atoms with Crippen molar-refractivity contribution in [3.05, 3.63) is 108 Å². The summed E-state index contributed by atoms with van der Waals surface area (Å²) < 4.78 is 15.4. The maximum atomic E-state index is 13.4. The Hall–Kier alpha value is -4.92. The Kier molecular flexibility index (Phi) is 10.5. The average Bonchev–Trinajstić information content (AvgIpc) is 3.32. The van der Waals surface area contributed by atoms with E-state index >= 15 is 0 Å². The number of hydrogen-bond donors (Lipinski definition) is 2. The number of carbonyl (C=O) groups is 4. The molecule has 4 rings (SSSR count). The van der Waals surface area contributed by atoms with E-state index in [-0.39, 0.29) is 32.0 Å². The summed E-state index contributed by atoms with van der Waals surface area (Å²) in [6.45, 7) is 1.39. The van der Waals surface area contributed by atoms with E-state index < -0.39 is 36.0 Å². The first kappa shape index (κ1) is 30.0. The van der Waals surface area contributed by atoms with Crippen molar-refractivity contribution >= 4 is 23.9 Å². The normalized spacial score (nSPS) is 13.4. The predicted octanol–water partition coefficient (Wildman–Crippen LogP) is 4.30. The lowest BCUT2D eigenvalue weighted by molar-refractivity contribution is -0.145.